The molecule has 16 heavy (non-hydrogen) atoms. The monoisotopic (exact) mass is 282 g/mol. The Kier molecular flexibility index (Phi) is 2.91. The molecule has 88 valence electrons. The van der Waals surface area contributed by atoms with Crippen molar-refractivity contribution in [1.29, 1.82) is 0 Å². The summed E-state index contributed by atoms with van der Waals surface area (Å²) in [5.41, 5.74) is 2.65. The van der Waals surface area contributed by atoms with E-state index in [0.29, 0.717) is 6.04 Å². The predicted molar refractivity (Wildman–Crippen MR) is 74.3 cm³/mol. The Hall–Kier alpha value is -0.700. The summed E-state index contributed by atoms with van der Waals surface area (Å²) < 4.78 is 1.13. The van der Waals surface area contributed by atoms with Crippen molar-refractivity contribution in [2.24, 2.45) is 0 Å². The number of nitrogens with one attached hydrogen (secondary N) is 1. The number of halogens is 1. The van der Waals surface area contributed by atoms with E-state index in [1.807, 2.05) is 0 Å². The number of benzene rings is 1. The van der Waals surface area contributed by atoms with Crippen molar-refractivity contribution in [2.45, 2.75) is 39.3 Å². The van der Waals surface area contributed by atoms with Crippen molar-refractivity contribution in [3.8, 4) is 0 Å². The topological polar surface area (TPSA) is 15.3 Å². The van der Waals surface area contributed by atoms with Gasteiger partial charge < -0.3 is 10.2 Å². The van der Waals surface area contributed by atoms with Crippen LogP contribution in [0, 0.1) is 0 Å². The summed E-state index contributed by atoms with van der Waals surface area (Å²) in [6.07, 6.45) is 0. The second kappa shape index (κ2) is 3.95. The van der Waals surface area contributed by atoms with Gasteiger partial charge in [-0.1, -0.05) is 15.9 Å². The zero-order chi connectivity index (χ0) is 11.9. The summed E-state index contributed by atoms with van der Waals surface area (Å²) in [6.45, 7) is 10.0. The first-order valence-corrected chi connectivity index (χ1v) is 6.53. The van der Waals surface area contributed by atoms with E-state index in [-0.39, 0.29) is 5.54 Å². The molecule has 1 aromatic carbocycles. The molecular weight excluding hydrogens is 264 g/mol. The lowest BCUT2D eigenvalue weighted by Gasteiger charge is -2.44. The summed E-state index contributed by atoms with van der Waals surface area (Å²) in [5.74, 6) is 0. The molecule has 1 heterocycles. The van der Waals surface area contributed by atoms with Gasteiger partial charge in [0, 0.05) is 22.6 Å². The normalized spacial score (nSPS) is 18.2. The summed E-state index contributed by atoms with van der Waals surface area (Å²) in [6, 6.07) is 6.97. The molecule has 0 atom stereocenters. The summed E-state index contributed by atoms with van der Waals surface area (Å²) in [5, 5.41) is 3.59. The molecule has 0 saturated heterocycles. The van der Waals surface area contributed by atoms with E-state index < -0.39 is 0 Å². The molecule has 0 aromatic heterocycles. The Balaban J connectivity index is 2.47. The second-order valence-electron chi connectivity index (χ2n) is 5.39. The average molecular weight is 283 g/mol. The molecule has 0 bridgehead atoms. The smallest absolute Gasteiger partial charge is 0.0606 e. The molecule has 0 radical (unpaired) electrons. The van der Waals surface area contributed by atoms with Crippen molar-refractivity contribution in [2.75, 3.05) is 16.8 Å². The van der Waals surface area contributed by atoms with Crippen LogP contribution in [0.25, 0.3) is 0 Å². The van der Waals surface area contributed by atoms with Gasteiger partial charge in [0.2, 0.25) is 0 Å². The molecule has 2 rings (SSSR count). The molecule has 0 aliphatic carbocycles. The fraction of sp³-hybridized carbons (Fsp3) is 0.538. The van der Waals surface area contributed by atoms with Crippen molar-refractivity contribution in [1.82, 2.24) is 0 Å². The quantitative estimate of drug-likeness (QED) is 0.841. The lowest BCUT2D eigenvalue weighted by atomic mass is 9.98. The number of fused-ring (bicyclic) bond motifs is 1. The third-order valence-electron chi connectivity index (χ3n) is 2.93. The van der Waals surface area contributed by atoms with Gasteiger partial charge in [0.05, 0.1) is 11.4 Å². The SMILES string of the molecule is CC(C)N1CC(C)(C)Nc2cc(Br)ccc21. The van der Waals surface area contributed by atoms with Gasteiger partial charge in [-0.15, -0.1) is 0 Å². The van der Waals surface area contributed by atoms with Gasteiger partial charge in [-0.25, -0.2) is 0 Å². The number of rotatable bonds is 1. The summed E-state index contributed by atoms with van der Waals surface area (Å²) in [4.78, 5) is 2.46. The van der Waals surface area contributed by atoms with Crippen molar-refractivity contribution in [3.05, 3.63) is 22.7 Å². The van der Waals surface area contributed by atoms with Crippen LogP contribution in [0.1, 0.15) is 27.7 Å². The highest BCUT2D eigenvalue weighted by Gasteiger charge is 2.30. The van der Waals surface area contributed by atoms with Crippen LogP contribution >= 0.6 is 15.9 Å². The maximum Gasteiger partial charge on any atom is 0.0606 e. The van der Waals surface area contributed by atoms with Crippen LogP contribution in [0.2, 0.25) is 0 Å². The molecule has 1 N–H and O–H groups in total. The lowest BCUT2D eigenvalue weighted by Crippen LogP contribution is -2.50. The van der Waals surface area contributed by atoms with Crippen LogP contribution in [-0.2, 0) is 0 Å². The number of hydrogen-bond donors (Lipinski definition) is 1. The van der Waals surface area contributed by atoms with E-state index in [1.165, 1.54) is 11.4 Å². The average Bonchev–Trinajstić information content (AvgIpc) is 2.14. The highest BCUT2D eigenvalue weighted by Crippen LogP contribution is 2.37. The Bertz CT molecular complexity index is 399. The van der Waals surface area contributed by atoms with Crippen LogP contribution in [0.4, 0.5) is 11.4 Å². The summed E-state index contributed by atoms with van der Waals surface area (Å²) in [7, 11) is 0. The third-order valence-corrected chi connectivity index (χ3v) is 3.42. The number of nitrogens with zero attached hydrogens (tertiary/aromatic N) is 1. The Morgan fingerprint density at radius 3 is 2.69 bits per heavy atom. The molecule has 0 unspecified atom stereocenters. The van der Waals surface area contributed by atoms with E-state index in [1.54, 1.807) is 0 Å². The Morgan fingerprint density at radius 1 is 1.38 bits per heavy atom. The maximum absolute atomic E-state index is 3.59. The molecule has 1 aliphatic heterocycles. The fourth-order valence-electron chi connectivity index (χ4n) is 2.23. The van der Waals surface area contributed by atoms with Gasteiger partial charge in [0.1, 0.15) is 0 Å². The van der Waals surface area contributed by atoms with E-state index >= 15 is 0 Å². The first-order chi connectivity index (χ1) is 7.39. The molecule has 3 heteroatoms. The molecule has 2 nitrogen and oxygen atoms in total. The second-order valence-corrected chi connectivity index (χ2v) is 6.31. The number of hydrogen-bond acceptors (Lipinski definition) is 2. The minimum atomic E-state index is 0.123. The fourth-order valence-corrected chi connectivity index (χ4v) is 2.60. The highest BCUT2D eigenvalue weighted by atomic mass is 79.9. The van der Waals surface area contributed by atoms with Crippen LogP contribution in [0.5, 0.6) is 0 Å². The van der Waals surface area contributed by atoms with Gasteiger partial charge >= 0.3 is 0 Å². The van der Waals surface area contributed by atoms with E-state index in [2.05, 4.69) is 72.0 Å². The first-order valence-electron chi connectivity index (χ1n) is 5.73. The molecular formula is C13H19BrN2. The minimum absolute atomic E-state index is 0.123. The minimum Gasteiger partial charge on any atom is -0.377 e. The van der Waals surface area contributed by atoms with Crippen molar-refractivity contribution >= 4 is 27.3 Å². The van der Waals surface area contributed by atoms with Crippen LogP contribution in [0.3, 0.4) is 0 Å². The van der Waals surface area contributed by atoms with E-state index in [4.69, 9.17) is 0 Å². The standard InChI is InChI=1S/C13H19BrN2/c1-9(2)16-8-13(3,4)15-11-7-10(14)5-6-12(11)16/h5-7,9,15H,8H2,1-4H3. The summed E-state index contributed by atoms with van der Waals surface area (Å²) >= 11 is 3.53. The number of anilines is 2. The highest BCUT2D eigenvalue weighted by molar-refractivity contribution is 9.10. The zero-order valence-electron chi connectivity index (χ0n) is 10.3. The largest absolute Gasteiger partial charge is 0.377 e. The van der Waals surface area contributed by atoms with E-state index in [0.717, 1.165) is 11.0 Å². The molecule has 0 spiro atoms. The van der Waals surface area contributed by atoms with Crippen LogP contribution < -0.4 is 10.2 Å². The lowest BCUT2D eigenvalue weighted by molar-refractivity contribution is 0.506. The maximum atomic E-state index is 3.59. The van der Waals surface area contributed by atoms with E-state index in [9.17, 15) is 0 Å². The van der Waals surface area contributed by atoms with Crippen LogP contribution in [0.15, 0.2) is 22.7 Å². The van der Waals surface area contributed by atoms with Gasteiger partial charge in [-0.2, -0.15) is 0 Å². The Labute approximate surface area is 106 Å². The van der Waals surface area contributed by atoms with Crippen molar-refractivity contribution in [3.63, 3.8) is 0 Å². The molecule has 1 aliphatic rings. The third kappa shape index (κ3) is 2.19. The molecule has 0 saturated carbocycles. The molecule has 0 fully saturated rings. The molecule has 0 amide bonds. The first kappa shape index (κ1) is 11.8. The predicted octanol–water partition coefficient (Wildman–Crippen LogP) is 3.87. The van der Waals surface area contributed by atoms with Crippen molar-refractivity contribution < 1.29 is 0 Å². The van der Waals surface area contributed by atoms with Gasteiger partial charge in [-0.05, 0) is 45.9 Å². The van der Waals surface area contributed by atoms with Crippen LogP contribution in [-0.4, -0.2) is 18.1 Å². The molecule has 1 aromatic rings. The zero-order valence-corrected chi connectivity index (χ0v) is 11.9. The van der Waals surface area contributed by atoms with Gasteiger partial charge in [0.25, 0.3) is 0 Å². The Morgan fingerprint density at radius 2 is 2.06 bits per heavy atom. The van der Waals surface area contributed by atoms with Gasteiger partial charge in [0.15, 0.2) is 0 Å². The van der Waals surface area contributed by atoms with Gasteiger partial charge in [-0.3, -0.25) is 0 Å².